The Labute approximate surface area is 133 Å². The van der Waals surface area contributed by atoms with Crippen LogP contribution in [0.4, 0.5) is 0 Å². The average Bonchev–Trinajstić information content (AvgIpc) is 2.46. The predicted octanol–water partition coefficient (Wildman–Crippen LogP) is 2.58. The maximum absolute atomic E-state index is 12.2. The van der Waals surface area contributed by atoms with E-state index in [2.05, 4.69) is 0 Å². The second-order valence-electron chi connectivity index (χ2n) is 4.70. The van der Waals surface area contributed by atoms with Crippen molar-refractivity contribution in [2.75, 3.05) is 0 Å². The van der Waals surface area contributed by atoms with Crippen molar-refractivity contribution in [3.8, 4) is 0 Å². The molecule has 0 saturated heterocycles. The summed E-state index contributed by atoms with van der Waals surface area (Å²) in [5, 5.41) is 0.452. The summed E-state index contributed by atoms with van der Waals surface area (Å²) in [6, 6.07) is 12.1. The minimum absolute atomic E-state index is 0.0432. The molecule has 2 N–H and O–H groups in total. The van der Waals surface area contributed by atoms with Gasteiger partial charge in [-0.15, -0.1) is 0 Å². The minimum Gasteiger partial charge on any atom is -0.367 e. The first-order valence-corrected chi connectivity index (χ1v) is 8.13. The van der Waals surface area contributed by atoms with Crippen molar-refractivity contribution in [1.29, 1.82) is 0 Å². The zero-order valence-electron chi connectivity index (χ0n) is 11.7. The summed E-state index contributed by atoms with van der Waals surface area (Å²) in [5.41, 5.74) is 6.47. The second kappa shape index (κ2) is 6.48. The smallest absolute Gasteiger partial charge is 0.298 e. The van der Waals surface area contributed by atoms with Crippen LogP contribution in [0.25, 0.3) is 0 Å². The molecule has 0 aromatic heterocycles. The van der Waals surface area contributed by atoms with Crippen LogP contribution in [-0.2, 0) is 19.1 Å². The normalized spacial score (nSPS) is 12.8. The van der Waals surface area contributed by atoms with Gasteiger partial charge in [0.2, 0.25) is 0 Å². The van der Waals surface area contributed by atoms with Crippen molar-refractivity contribution >= 4 is 27.6 Å². The first kappa shape index (κ1) is 16.5. The van der Waals surface area contributed by atoms with E-state index in [0.717, 1.165) is 5.56 Å². The van der Waals surface area contributed by atoms with Crippen LogP contribution in [0.3, 0.4) is 0 Å². The molecular formula is C15H14ClNO4S. The summed E-state index contributed by atoms with van der Waals surface area (Å²) in [6.07, 6.45) is -1.41. The topological polar surface area (TPSA) is 86.5 Å². The number of nitrogens with two attached hydrogens (primary N) is 1. The van der Waals surface area contributed by atoms with E-state index >= 15 is 0 Å². The van der Waals surface area contributed by atoms with Gasteiger partial charge in [0.25, 0.3) is 16.0 Å². The molecule has 0 saturated carbocycles. The molecule has 0 spiro atoms. The van der Waals surface area contributed by atoms with E-state index in [1.807, 2.05) is 6.92 Å². The molecule has 1 atom stereocenters. The Bertz CT molecular complexity index is 770. The van der Waals surface area contributed by atoms with Gasteiger partial charge in [-0.3, -0.25) is 4.79 Å². The van der Waals surface area contributed by atoms with Crippen LogP contribution in [0, 0.1) is 6.92 Å². The van der Waals surface area contributed by atoms with Crippen LogP contribution >= 0.6 is 11.6 Å². The Hall–Kier alpha value is -1.89. The highest BCUT2D eigenvalue weighted by molar-refractivity contribution is 7.86. The highest BCUT2D eigenvalue weighted by Crippen LogP contribution is 2.25. The quantitative estimate of drug-likeness (QED) is 0.848. The van der Waals surface area contributed by atoms with Crippen LogP contribution in [0.2, 0.25) is 5.02 Å². The van der Waals surface area contributed by atoms with E-state index in [-0.39, 0.29) is 4.90 Å². The van der Waals surface area contributed by atoms with E-state index in [9.17, 15) is 13.2 Å². The summed E-state index contributed by atoms with van der Waals surface area (Å²) in [7, 11) is -4.11. The highest BCUT2D eigenvalue weighted by Gasteiger charge is 2.27. The van der Waals surface area contributed by atoms with Crippen LogP contribution in [0.1, 0.15) is 17.2 Å². The second-order valence-corrected chi connectivity index (χ2v) is 6.71. The molecule has 7 heteroatoms. The Morgan fingerprint density at radius 1 is 1.09 bits per heavy atom. The van der Waals surface area contributed by atoms with Crippen molar-refractivity contribution in [3.05, 3.63) is 64.7 Å². The van der Waals surface area contributed by atoms with Gasteiger partial charge < -0.3 is 5.73 Å². The number of primary amides is 1. The van der Waals surface area contributed by atoms with Crippen molar-refractivity contribution in [3.63, 3.8) is 0 Å². The zero-order valence-corrected chi connectivity index (χ0v) is 13.3. The highest BCUT2D eigenvalue weighted by atomic mass is 35.5. The average molecular weight is 340 g/mol. The monoisotopic (exact) mass is 339 g/mol. The van der Waals surface area contributed by atoms with Gasteiger partial charge in [-0.05, 0) is 36.8 Å². The Morgan fingerprint density at radius 3 is 2.14 bits per heavy atom. The minimum atomic E-state index is -4.11. The van der Waals surface area contributed by atoms with Crippen molar-refractivity contribution in [2.45, 2.75) is 17.9 Å². The summed E-state index contributed by atoms with van der Waals surface area (Å²) in [6.45, 7) is 1.83. The third-order valence-corrected chi connectivity index (χ3v) is 4.51. The van der Waals surface area contributed by atoms with Gasteiger partial charge in [0, 0.05) is 5.02 Å². The molecule has 2 rings (SSSR count). The number of aryl methyl sites for hydroxylation is 1. The molecule has 1 unspecified atom stereocenters. The lowest BCUT2D eigenvalue weighted by atomic mass is 10.1. The van der Waals surface area contributed by atoms with Gasteiger partial charge in [-0.25, -0.2) is 4.18 Å². The lowest BCUT2D eigenvalue weighted by Gasteiger charge is -2.15. The third kappa shape index (κ3) is 3.85. The SMILES string of the molecule is Cc1ccc(S(=O)(=O)OC(C(N)=O)c2ccc(Cl)cc2)cc1. The van der Waals surface area contributed by atoms with Gasteiger partial charge in [-0.1, -0.05) is 41.4 Å². The summed E-state index contributed by atoms with van der Waals surface area (Å²) < 4.78 is 29.5. The third-order valence-electron chi connectivity index (χ3n) is 2.96. The lowest BCUT2D eigenvalue weighted by molar-refractivity contribution is -0.124. The molecule has 0 radical (unpaired) electrons. The van der Waals surface area contributed by atoms with Crippen LogP contribution < -0.4 is 5.73 Å². The van der Waals surface area contributed by atoms with E-state index in [1.165, 1.54) is 36.4 Å². The number of hydrogen-bond acceptors (Lipinski definition) is 4. The molecule has 1 amide bonds. The molecule has 0 aliphatic carbocycles. The van der Waals surface area contributed by atoms with E-state index < -0.39 is 22.1 Å². The Kier molecular flexibility index (Phi) is 4.85. The fourth-order valence-electron chi connectivity index (χ4n) is 1.79. The molecular weight excluding hydrogens is 326 g/mol. The molecule has 0 aliphatic rings. The Morgan fingerprint density at radius 2 is 1.64 bits per heavy atom. The van der Waals surface area contributed by atoms with Gasteiger partial charge in [0.05, 0.1) is 4.90 Å². The van der Waals surface area contributed by atoms with Crippen LogP contribution in [0.5, 0.6) is 0 Å². The number of carbonyl (C=O) groups is 1. The molecule has 0 aliphatic heterocycles. The molecule has 0 fully saturated rings. The maximum atomic E-state index is 12.2. The van der Waals surface area contributed by atoms with Crippen molar-refractivity contribution < 1.29 is 17.4 Å². The van der Waals surface area contributed by atoms with Gasteiger partial charge in [0.15, 0.2) is 6.10 Å². The first-order valence-electron chi connectivity index (χ1n) is 6.34. The predicted molar refractivity (Wildman–Crippen MR) is 82.8 cm³/mol. The summed E-state index contributed by atoms with van der Waals surface area (Å²) >= 11 is 5.76. The molecule has 0 bridgehead atoms. The summed E-state index contributed by atoms with van der Waals surface area (Å²) in [4.78, 5) is 11.5. The molecule has 0 heterocycles. The fraction of sp³-hybridized carbons (Fsp3) is 0.133. The molecule has 116 valence electrons. The fourth-order valence-corrected chi connectivity index (χ4v) is 2.96. The molecule has 2 aromatic carbocycles. The van der Waals surface area contributed by atoms with Gasteiger partial charge in [0.1, 0.15) is 0 Å². The number of rotatable bonds is 5. The number of halogens is 1. The van der Waals surface area contributed by atoms with E-state index in [4.69, 9.17) is 21.5 Å². The van der Waals surface area contributed by atoms with Crippen molar-refractivity contribution in [2.24, 2.45) is 5.73 Å². The van der Waals surface area contributed by atoms with Crippen molar-refractivity contribution in [1.82, 2.24) is 0 Å². The number of amides is 1. The number of hydrogen-bond donors (Lipinski definition) is 1. The number of carbonyl (C=O) groups excluding carboxylic acids is 1. The Balaban J connectivity index is 2.33. The molecule has 2 aromatic rings. The maximum Gasteiger partial charge on any atom is 0.298 e. The standard InChI is InChI=1S/C15H14ClNO4S/c1-10-2-8-13(9-3-10)22(19,20)21-14(15(17)18)11-4-6-12(16)7-5-11/h2-9,14H,1H3,(H2,17,18). The zero-order chi connectivity index (χ0) is 16.3. The van der Waals surface area contributed by atoms with Crippen LogP contribution in [0.15, 0.2) is 53.4 Å². The van der Waals surface area contributed by atoms with E-state index in [0.29, 0.717) is 10.6 Å². The van der Waals surface area contributed by atoms with Crippen LogP contribution in [-0.4, -0.2) is 14.3 Å². The lowest BCUT2D eigenvalue weighted by Crippen LogP contribution is -2.26. The first-order chi connectivity index (χ1) is 10.3. The number of benzene rings is 2. The van der Waals surface area contributed by atoms with E-state index in [1.54, 1.807) is 12.1 Å². The molecule has 5 nitrogen and oxygen atoms in total. The largest absolute Gasteiger partial charge is 0.367 e. The van der Waals surface area contributed by atoms with Gasteiger partial charge in [-0.2, -0.15) is 8.42 Å². The summed E-state index contributed by atoms with van der Waals surface area (Å²) in [5.74, 6) is -0.905. The van der Waals surface area contributed by atoms with Gasteiger partial charge >= 0.3 is 0 Å². The molecule has 22 heavy (non-hydrogen) atoms.